The molecule has 2 rings (SSSR count). The minimum atomic E-state index is -4.76. The molecule has 0 radical (unpaired) electrons. The predicted molar refractivity (Wildman–Crippen MR) is 108 cm³/mol. The number of ether oxygens (including phenoxy) is 1. The third kappa shape index (κ3) is 8.06. The molecular formula is C17H20F3IN4O3. The maximum absolute atomic E-state index is 12.4. The first kappa shape index (κ1) is 23.6. The Balaban J connectivity index is 0.00000392. The van der Waals surface area contributed by atoms with Crippen LogP contribution in [-0.2, 0) is 6.54 Å². The van der Waals surface area contributed by atoms with Crippen LogP contribution in [0.25, 0.3) is 0 Å². The number of rotatable bonds is 7. The molecule has 0 atom stereocenters. The van der Waals surface area contributed by atoms with Gasteiger partial charge in [-0.1, -0.05) is 18.2 Å². The number of guanidine groups is 1. The van der Waals surface area contributed by atoms with Gasteiger partial charge in [0.25, 0.3) is 5.91 Å². The highest BCUT2D eigenvalue weighted by atomic mass is 127. The third-order valence-electron chi connectivity index (χ3n) is 3.32. The van der Waals surface area contributed by atoms with Crippen LogP contribution in [0.15, 0.2) is 52.1 Å². The van der Waals surface area contributed by atoms with Crippen molar-refractivity contribution >= 4 is 35.8 Å². The lowest BCUT2D eigenvalue weighted by molar-refractivity contribution is -0.274. The monoisotopic (exact) mass is 512 g/mol. The minimum Gasteiger partial charge on any atom is -0.459 e. The van der Waals surface area contributed by atoms with Gasteiger partial charge in [-0.05, 0) is 18.2 Å². The first-order valence-electron chi connectivity index (χ1n) is 7.99. The van der Waals surface area contributed by atoms with Gasteiger partial charge in [-0.3, -0.25) is 9.79 Å². The Labute approximate surface area is 176 Å². The summed E-state index contributed by atoms with van der Waals surface area (Å²) >= 11 is 0. The van der Waals surface area contributed by atoms with Gasteiger partial charge in [-0.2, -0.15) is 0 Å². The number of carbonyl (C=O) groups is 1. The van der Waals surface area contributed by atoms with Crippen molar-refractivity contribution in [2.75, 3.05) is 20.1 Å². The van der Waals surface area contributed by atoms with E-state index in [2.05, 4.69) is 25.7 Å². The van der Waals surface area contributed by atoms with Crippen LogP contribution in [0.4, 0.5) is 13.2 Å². The number of benzene rings is 1. The third-order valence-corrected chi connectivity index (χ3v) is 3.32. The van der Waals surface area contributed by atoms with E-state index < -0.39 is 6.36 Å². The van der Waals surface area contributed by atoms with E-state index in [0.717, 1.165) is 0 Å². The summed E-state index contributed by atoms with van der Waals surface area (Å²) in [7, 11) is 1.52. The van der Waals surface area contributed by atoms with Gasteiger partial charge in [0.15, 0.2) is 11.7 Å². The van der Waals surface area contributed by atoms with Crippen molar-refractivity contribution in [2.24, 2.45) is 4.99 Å². The molecule has 0 fully saturated rings. The molecule has 0 aliphatic heterocycles. The molecule has 0 aliphatic carbocycles. The quantitative estimate of drug-likeness (QED) is 0.230. The number of nitrogens with one attached hydrogen (secondary N) is 3. The average molecular weight is 512 g/mol. The number of aliphatic imine (C=N–C) groups is 1. The zero-order chi connectivity index (χ0) is 19.7. The number of alkyl halides is 3. The van der Waals surface area contributed by atoms with Gasteiger partial charge >= 0.3 is 6.36 Å². The van der Waals surface area contributed by atoms with Crippen molar-refractivity contribution in [1.29, 1.82) is 0 Å². The van der Waals surface area contributed by atoms with Crippen molar-refractivity contribution < 1.29 is 27.1 Å². The summed E-state index contributed by atoms with van der Waals surface area (Å²) in [4.78, 5) is 15.7. The van der Waals surface area contributed by atoms with Crippen molar-refractivity contribution in [3.05, 3.63) is 54.0 Å². The van der Waals surface area contributed by atoms with E-state index in [9.17, 15) is 18.0 Å². The molecule has 11 heteroatoms. The molecule has 1 aromatic carbocycles. The van der Waals surface area contributed by atoms with Gasteiger partial charge in [0.2, 0.25) is 0 Å². The van der Waals surface area contributed by atoms with Gasteiger partial charge < -0.3 is 25.1 Å². The fraction of sp³-hybridized carbons (Fsp3) is 0.294. The van der Waals surface area contributed by atoms with E-state index in [1.165, 1.54) is 31.5 Å². The number of hydrogen-bond donors (Lipinski definition) is 3. The van der Waals surface area contributed by atoms with E-state index in [0.29, 0.717) is 24.6 Å². The molecule has 7 nitrogen and oxygen atoms in total. The van der Waals surface area contributed by atoms with Crippen LogP contribution < -0.4 is 20.7 Å². The molecule has 154 valence electrons. The van der Waals surface area contributed by atoms with E-state index in [4.69, 9.17) is 4.42 Å². The molecule has 0 unspecified atom stereocenters. The van der Waals surface area contributed by atoms with Crippen LogP contribution in [0, 0.1) is 0 Å². The van der Waals surface area contributed by atoms with Gasteiger partial charge in [-0.25, -0.2) is 0 Å². The maximum atomic E-state index is 12.4. The summed E-state index contributed by atoms with van der Waals surface area (Å²) in [6, 6.07) is 8.98. The topological polar surface area (TPSA) is 87.9 Å². The Kier molecular flexibility index (Phi) is 9.62. The van der Waals surface area contributed by atoms with Crippen LogP contribution in [0.3, 0.4) is 0 Å². The number of halogens is 4. The van der Waals surface area contributed by atoms with Crippen LogP contribution >= 0.6 is 24.0 Å². The van der Waals surface area contributed by atoms with E-state index in [1.54, 1.807) is 18.2 Å². The Hall–Kier alpha value is -2.44. The number of carbonyl (C=O) groups excluding carboxylic acids is 1. The van der Waals surface area contributed by atoms with Crippen molar-refractivity contribution in [3.63, 3.8) is 0 Å². The maximum Gasteiger partial charge on any atom is 0.573 e. The molecule has 3 N–H and O–H groups in total. The Morgan fingerprint density at radius 3 is 2.46 bits per heavy atom. The highest BCUT2D eigenvalue weighted by Crippen LogP contribution is 2.25. The number of para-hydroxylation sites is 1. The lowest BCUT2D eigenvalue weighted by Gasteiger charge is -2.15. The molecule has 1 amide bonds. The van der Waals surface area contributed by atoms with E-state index >= 15 is 0 Å². The zero-order valence-electron chi connectivity index (χ0n) is 14.9. The normalized spacial score (nSPS) is 11.4. The molecule has 0 saturated heterocycles. The lowest BCUT2D eigenvalue weighted by Crippen LogP contribution is -2.41. The fourth-order valence-electron chi connectivity index (χ4n) is 2.13. The van der Waals surface area contributed by atoms with Crippen LogP contribution in [0.1, 0.15) is 16.1 Å². The minimum absolute atomic E-state index is 0. The SMILES string of the molecule is CN=C(NCCNC(=O)c1ccco1)NCc1ccccc1OC(F)(F)F.I. The Morgan fingerprint density at radius 1 is 1.11 bits per heavy atom. The molecule has 1 heterocycles. The smallest absolute Gasteiger partial charge is 0.459 e. The molecule has 28 heavy (non-hydrogen) atoms. The standard InChI is InChI=1S/C17H19F3N4O3.HI/c1-21-16(23-9-8-22-15(25)14-7-4-10-26-14)24-11-12-5-2-3-6-13(12)27-17(18,19)20;/h2-7,10H,8-9,11H2,1H3,(H,22,25)(H2,21,23,24);1H. The summed E-state index contributed by atoms with van der Waals surface area (Å²) in [5.74, 6) is -0.0514. The number of amides is 1. The van der Waals surface area contributed by atoms with Crippen molar-refractivity contribution in [2.45, 2.75) is 12.9 Å². The molecule has 0 bridgehead atoms. The summed E-state index contributed by atoms with van der Waals surface area (Å²) in [6.07, 6.45) is -3.36. The first-order valence-corrected chi connectivity index (χ1v) is 7.99. The lowest BCUT2D eigenvalue weighted by atomic mass is 10.2. The Bertz CT molecular complexity index is 767. The van der Waals surface area contributed by atoms with Crippen LogP contribution in [-0.4, -0.2) is 38.4 Å². The van der Waals surface area contributed by atoms with E-state index in [1.807, 2.05) is 0 Å². The predicted octanol–water partition coefficient (Wildman–Crippen LogP) is 2.89. The second-order valence-electron chi connectivity index (χ2n) is 5.24. The second-order valence-corrected chi connectivity index (χ2v) is 5.24. The Morgan fingerprint density at radius 2 is 1.82 bits per heavy atom. The van der Waals surface area contributed by atoms with Crippen LogP contribution in [0.5, 0.6) is 5.75 Å². The van der Waals surface area contributed by atoms with E-state index in [-0.39, 0.29) is 47.9 Å². The number of furan rings is 1. The number of nitrogens with zero attached hydrogens (tertiary/aromatic N) is 1. The van der Waals surface area contributed by atoms with Gasteiger partial charge in [0.1, 0.15) is 5.75 Å². The van der Waals surface area contributed by atoms with Gasteiger partial charge in [-0.15, -0.1) is 37.1 Å². The molecule has 0 saturated carbocycles. The molecule has 0 spiro atoms. The summed E-state index contributed by atoms with van der Waals surface area (Å²) in [6.45, 7) is 0.728. The van der Waals surface area contributed by atoms with Crippen molar-refractivity contribution in [3.8, 4) is 5.75 Å². The molecule has 2 aromatic rings. The average Bonchev–Trinajstić information content (AvgIpc) is 3.15. The second kappa shape index (κ2) is 11.4. The summed E-state index contributed by atoms with van der Waals surface area (Å²) < 4.78 is 46.3. The van der Waals surface area contributed by atoms with Gasteiger partial charge in [0.05, 0.1) is 6.26 Å². The molecule has 1 aromatic heterocycles. The summed E-state index contributed by atoms with van der Waals surface area (Å²) in [5, 5.41) is 8.48. The largest absolute Gasteiger partial charge is 0.573 e. The zero-order valence-corrected chi connectivity index (χ0v) is 17.2. The number of hydrogen-bond acceptors (Lipinski definition) is 4. The summed E-state index contributed by atoms with van der Waals surface area (Å²) in [5.41, 5.74) is 0.323. The van der Waals surface area contributed by atoms with Gasteiger partial charge in [0, 0.05) is 32.2 Å². The first-order chi connectivity index (χ1) is 12.9. The molecule has 0 aliphatic rings. The van der Waals surface area contributed by atoms with Crippen LogP contribution in [0.2, 0.25) is 0 Å². The molecular weight excluding hydrogens is 492 g/mol. The highest BCUT2D eigenvalue weighted by Gasteiger charge is 2.31. The fourth-order valence-corrected chi connectivity index (χ4v) is 2.13. The highest BCUT2D eigenvalue weighted by molar-refractivity contribution is 14.0. The van der Waals surface area contributed by atoms with Crippen molar-refractivity contribution in [1.82, 2.24) is 16.0 Å².